The van der Waals surface area contributed by atoms with Gasteiger partial charge in [0.2, 0.25) is 0 Å². The Morgan fingerprint density at radius 3 is 2.57 bits per heavy atom. The average molecular weight is 389 g/mol. The number of nitrogens with zero attached hydrogens (tertiary/aromatic N) is 2. The molecule has 0 saturated carbocycles. The summed E-state index contributed by atoms with van der Waals surface area (Å²) in [5.74, 6) is 0. The third kappa shape index (κ3) is 3.91. The summed E-state index contributed by atoms with van der Waals surface area (Å²) in [6, 6.07) is 7.66. The molecule has 2 aromatic rings. The molecule has 21 heavy (non-hydrogen) atoms. The van der Waals surface area contributed by atoms with Crippen LogP contribution in [0, 0.1) is 0 Å². The molecule has 0 N–H and O–H groups in total. The van der Waals surface area contributed by atoms with Crippen molar-refractivity contribution in [3.8, 4) is 10.6 Å². The summed E-state index contributed by atoms with van der Waals surface area (Å²) < 4.78 is 27.2. The Balaban J connectivity index is 2.24. The molecule has 0 unspecified atom stereocenters. The first-order valence-electron chi connectivity index (χ1n) is 6.63. The molecule has 4 nitrogen and oxygen atoms in total. The van der Waals surface area contributed by atoms with E-state index in [0.29, 0.717) is 11.6 Å². The quantitative estimate of drug-likeness (QED) is 0.751. The first kappa shape index (κ1) is 16.6. The Hall–Kier alpha value is -0.760. The van der Waals surface area contributed by atoms with Crippen molar-refractivity contribution < 1.29 is 8.42 Å². The van der Waals surface area contributed by atoms with Crippen LogP contribution in [0.3, 0.4) is 0 Å². The van der Waals surface area contributed by atoms with Crippen LogP contribution in [0.4, 0.5) is 0 Å². The van der Waals surface area contributed by atoms with Gasteiger partial charge in [-0.25, -0.2) is 13.4 Å². The lowest BCUT2D eigenvalue weighted by molar-refractivity contribution is 0.457. The van der Waals surface area contributed by atoms with Crippen molar-refractivity contribution in [1.82, 2.24) is 9.29 Å². The van der Waals surface area contributed by atoms with Gasteiger partial charge < -0.3 is 0 Å². The summed E-state index contributed by atoms with van der Waals surface area (Å²) in [5.41, 5.74) is 0.917. The molecule has 0 fully saturated rings. The van der Waals surface area contributed by atoms with E-state index in [4.69, 9.17) is 0 Å². The molecule has 0 saturated heterocycles. The second-order valence-electron chi connectivity index (χ2n) is 4.68. The molecule has 114 valence electrons. The van der Waals surface area contributed by atoms with Gasteiger partial charge in [-0.15, -0.1) is 11.3 Å². The predicted molar refractivity (Wildman–Crippen MR) is 90.0 cm³/mol. The van der Waals surface area contributed by atoms with E-state index >= 15 is 0 Å². The molecular formula is C14H17BrN2O2S2. The van der Waals surface area contributed by atoms with Crippen molar-refractivity contribution in [1.29, 1.82) is 0 Å². The highest BCUT2D eigenvalue weighted by Gasteiger charge is 2.23. The zero-order chi connectivity index (χ0) is 15.5. The fourth-order valence-electron chi connectivity index (χ4n) is 1.76. The van der Waals surface area contributed by atoms with Gasteiger partial charge in [0.05, 0.1) is 0 Å². The van der Waals surface area contributed by atoms with Gasteiger partial charge in [-0.05, 0) is 18.6 Å². The summed E-state index contributed by atoms with van der Waals surface area (Å²) in [6.45, 7) is 2.55. The van der Waals surface area contributed by atoms with E-state index in [-0.39, 0.29) is 5.03 Å². The molecule has 1 aromatic heterocycles. The van der Waals surface area contributed by atoms with Crippen molar-refractivity contribution >= 4 is 37.3 Å². The van der Waals surface area contributed by atoms with E-state index in [2.05, 4.69) is 20.9 Å². The maximum absolute atomic E-state index is 12.4. The van der Waals surface area contributed by atoms with Crippen molar-refractivity contribution in [2.45, 2.75) is 24.8 Å². The SMILES string of the molecule is CCCCN(C)S(=O)(=O)c1csc(-c2ccc(Br)cc2)n1. The van der Waals surface area contributed by atoms with Gasteiger partial charge in [0, 0.05) is 29.0 Å². The first-order valence-corrected chi connectivity index (χ1v) is 9.74. The van der Waals surface area contributed by atoms with Gasteiger partial charge >= 0.3 is 0 Å². The molecule has 0 radical (unpaired) electrons. The molecule has 0 aliphatic rings. The summed E-state index contributed by atoms with van der Waals surface area (Å²) in [6.07, 6.45) is 1.81. The maximum Gasteiger partial charge on any atom is 0.261 e. The molecule has 7 heteroatoms. The number of thiazole rings is 1. The maximum atomic E-state index is 12.4. The van der Waals surface area contributed by atoms with Crippen molar-refractivity contribution in [3.05, 3.63) is 34.1 Å². The topological polar surface area (TPSA) is 50.3 Å². The lowest BCUT2D eigenvalue weighted by atomic mass is 10.2. The molecule has 0 aliphatic heterocycles. The van der Waals surface area contributed by atoms with Crippen molar-refractivity contribution in [3.63, 3.8) is 0 Å². The molecule has 0 amide bonds. The van der Waals surface area contributed by atoms with Crippen LogP contribution in [0.15, 0.2) is 39.1 Å². The van der Waals surface area contributed by atoms with Gasteiger partial charge in [-0.3, -0.25) is 0 Å². The average Bonchev–Trinajstić information content (AvgIpc) is 2.96. The zero-order valence-electron chi connectivity index (χ0n) is 11.9. The van der Waals surface area contributed by atoms with Crippen molar-refractivity contribution in [2.24, 2.45) is 0 Å². The third-order valence-electron chi connectivity index (χ3n) is 3.08. The van der Waals surface area contributed by atoms with Crippen LogP contribution in [0.1, 0.15) is 19.8 Å². The van der Waals surface area contributed by atoms with Crippen LogP contribution in [-0.4, -0.2) is 31.3 Å². The highest BCUT2D eigenvalue weighted by atomic mass is 79.9. The van der Waals surface area contributed by atoms with E-state index in [0.717, 1.165) is 22.9 Å². The summed E-state index contributed by atoms with van der Waals surface area (Å²) in [4.78, 5) is 4.28. The van der Waals surface area contributed by atoms with Crippen LogP contribution < -0.4 is 0 Å². The normalized spacial score (nSPS) is 12.0. The third-order valence-corrected chi connectivity index (χ3v) is 6.39. The van der Waals surface area contributed by atoms with Crippen LogP contribution >= 0.6 is 27.3 Å². The number of benzene rings is 1. The highest BCUT2D eigenvalue weighted by molar-refractivity contribution is 9.10. The van der Waals surface area contributed by atoms with Gasteiger partial charge in [0.15, 0.2) is 5.03 Å². The Kier molecular flexibility index (Phi) is 5.54. The largest absolute Gasteiger partial charge is 0.261 e. The van der Waals surface area contributed by atoms with Crippen molar-refractivity contribution in [2.75, 3.05) is 13.6 Å². The van der Waals surface area contributed by atoms with Gasteiger partial charge in [0.25, 0.3) is 10.0 Å². The molecule has 0 atom stereocenters. The second-order valence-corrected chi connectivity index (χ2v) is 8.44. The molecule has 2 rings (SSSR count). The minimum Gasteiger partial charge on any atom is -0.223 e. The minimum atomic E-state index is -3.48. The lowest BCUT2D eigenvalue weighted by Gasteiger charge is -2.14. The first-order chi connectivity index (χ1) is 9.95. The molecular weight excluding hydrogens is 372 g/mol. The monoisotopic (exact) mass is 388 g/mol. The number of aromatic nitrogens is 1. The minimum absolute atomic E-state index is 0.129. The van der Waals surface area contributed by atoms with E-state index < -0.39 is 10.0 Å². The van der Waals surface area contributed by atoms with Gasteiger partial charge in [-0.2, -0.15) is 4.31 Å². The van der Waals surface area contributed by atoms with Gasteiger partial charge in [-0.1, -0.05) is 41.4 Å². The van der Waals surface area contributed by atoms with E-state index in [1.807, 2.05) is 31.2 Å². The van der Waals surface area contributed by atoms with E-state index in [1.54, 1.807) is 12.4 Å². The highest BCUT2D eigenvalue weighted by Crippen LogP contribution is 2.27. The lowest BCUT2D eigenvalue weighted by Crippen LogP contribution is -2.28. The Bertz CT molecular complexity index is 696. The smallest absolute Gasteiger partial charge is 0.223 e. The summed E-state index contributed by atoms with van der Waals surface area (Å²) in [7, 11) is -1.88. The number of rotatable bonds is 6. The second kappa shape index (κ2) is 7.00. The molecule has 1 aromatic carbocycles. The molecule has 0 spiro atoms. The fourth-order valence-corrected chi connectivity index (χ4v) is 4.30. The molecule has 0 aliphatic carbocycles. The van der Waals surface area contributed by atoms with E-state index in [9.17, 15) is 8.42 Å². The number of hydrogen-bond donors (Lipinski definition) is 0. The summed E-state index contributed by atoms with van der Waals surface area (Å²) in [5, 5.41) is 2.45. The number of halogens is 1. The Labute approximate surface area is 138 Å². The molecule has 1 heterocycles. The van der Waals surface area contributed by atoms with Crippen LogP contribution in [-0.2, 0) is 10.0 Å². The van der Waals surface area contributed by atoms with Gasteiger partial charge in [0.1, 0.15) is 5.01 Å². The summed E-state index contributed by atoms with van der Waals surface area (Å²) >= 11 is 4.72. The van der Waals surface area contributed by atoms with Crippen LogP contribution in [0.5, 0.6) is 0 Å². The number of hydrogen-bond acceptors (Lipinski definition) is 4. The van der Waals surface area contributed by atoms with Crippen LogP contribution in [0.2, 0.25) is 0 Å². The number of unbranched alkanes of at least 4 members (excludes halogenated alkanes) is 1. The Morgan fingerprint density at radius 2 is 1.95 bits per heavy atom. The number of sulfonamides is 1. The fraction of sp³-hybridized carbons (Fsp3) is 0.357. The predicted octanol–water partition coefficient (Wildman–Crippen LogP) is 3.99. The van der Waals surface area contributed by atoms with Crippen LogP contribution in [0.25, 0.3) is 10.6 Å². The molecule has 0 bridgehead atoms. The Morgan fingerprint density at radius 1 is 1.29 bits per heavy atom. The zero-order valence-corrected chi connectivity index (χ0v) is 15.1. The standard InChI is InChI=1S/C14H17BrN2O2S2/c1-3-4-9-17(2)21(18,19)13-10-20-14(16-13)11-5-7-12(15)8-6-11/h5-8,10H,3-4,9H2,1-2H3. The van der Waals surface area contributed by atoms with E-state index in [1.165, 1.54) is 15.6 Å².